The molecule has 0 radical (unpaired) electrons. The van der Waals surface area contributed by atoms with Gasteiger partial charge in [-0.05, 0) is 50.6 Å². The molecule has 1 aromatic heterocycles. The van der Waals surface area contributed by atoms with Crippen LogP contribution in [-0.4, -0.2) is 34.6 Å². The molecule has 2 atom stereocenters. The summed E-state index contributed by atoms with van der Waals surface area (Å²) in [6.07, 6.45) is 1.14. The number of nitrogen functional groups attached to an aromatic ring is 1. The van der Waals surface area contributed by atoms with E-state index in [1.807, 2.05) is 0 Å². The van der Waals surface area contributed by atoms with Gasteiger partial charge in [0.15, 0.2) is 0 Å². The minimum Gasteiger partial charge on any atom is -0.369 e. The number of nitrogens with zero attached hydrogens (tertiary/aromatic N) is 3. The number of benzene rings is 1. The van der Waals surface area contributed by atoms with Gasteiger partial charge in [0, 0.05) is 12.6 Å². The molecule has 0 bridgehead atoms. The van der Waals surface area contributed by atoms with Crippen LogP contribution in [-0.2, 0) is 0 Å². The first-order valence-electron chi connectivity index (χ1n) is 6.99. The van der Waals surface area contributed by atoms with Gasteiger partial charge in [-0.15, -0.1) is 0 Å². The van der Waals surface area contributed by atoms with Crippen molar-refractivity contribution in [3.63, 3.8) is 0 Å². The Morgan fingerprint density at radius 1 is 1.37 bits per heavy atom. The van der Waals surface area contributed by atoms with Gasteiger partial charge in [-0.2, -0.15) is 0 Å². The topological polar surface area (TPSA) is 47.1 Å². The highest BCUT2D eigenvalue weighted by Crippen LogP contribution is 2.33. The normalized spacial score (nSPS) is 25.0. The Bertz CT molecular complexity index is 601. The molecule has 0 aliphatic carbocycles. The van der Waals surface area contributed by atoms with Crippen LogP contribution in [0.5, 0.6) is 0 Å². The van der Waals surface area contributed by atoms with Gasteiger partial charge in [-0.1, -0.05) is 13.0 Å². The Kier molecular flexibility index (Phi) is 2.97. The van der Waals surface area contributed by atoms with Crippen LogP contribution in [0.2, 0.25) is 0 Å². The third-order valence-electron chi connectivity index (χ3n) is 4.27. The summed E-state index contributed by atoms with van der Waals surface area (Å²) in [5.74, 6) is 1.25. The van der Waals surface area contributed by atoms with Crippen LogP contribution in [0.3, 0.4) is 0 Å². The van der Waals surface area contributed by atoms with E-state index in [4.69, 9.17) is 5.73 Å². The molecule has 19 heavy (non-hydrogen) atoms. The molecule has 102 valence electrons. The standard InChI is InChI=1S/C15H22N4/c1-10-4-5-14-12(8-10)17-15(16)19(14)13-6-7-18(3)9-11(13)2/h4-5,8,11,13H,6-7,9H2,1-3H3,(H2,16,17). The Balaban J connectivity index is 2.07. The van der Waals surface area contributed by atoms with E-state index in [0.29, 0.717) is 17.9 Å². The van der Waals surface area contributed by atoms with Crippen LogP contribution in [0, 0.1) is 12.8 Å². The van der Waals surface area contributed by atoms with Gasteiger partial charge in [-0.25, -0.2) is 4.98 Å². The zero-order valence-electron chi connectivity index (χ0n) is 11.9. The molecule has 2 N–H and O–H groups in total. The van der Waals surface area contributed by atoms with Crippen molar-refractivity contribution in [3.05, 3.63) is 23.8 Å². The molecule has 3 rings (SSSR count). The zero-order valence-corrected chi connectivity index (χ0v) is 11.9. The van der Waals surface area contributed by atoms with Crippen molar-refractivity contribution in [1.29, 1.82) is 0 Å². The molecule has 4 nitrogen and oxygen atoms in total. The van der Waals surface area contributed by atoms with Crippen LogP contribution < -0.4 is 5.73 Å². The van der Waals surface area contributed by atoms with Crippen molar-refractivity contribution < 1.29 is 0 Å². The van der Waals surface area contributed by atoms with E-state index in [-0.39, 0.29) is 0 Å². The van der Waals surface area contributed by atoms with E-state index in [2.05, 4.69) is 53.5 Å². The molecule has 0 spiro atoms. The van der Waals surface area contributed by atoms with E-state index in [1.54, 1.807) is 0 Å². The van der Waals surface area contributed by atoms with E-state index >= 15 is 0 Å². The first-order valence-corrected chi connectivity index (χ1v) is 6.99. The Labute approximate surface area is 114 Å². The lowest BCUT2D eigenvalue weighted by atomic mass is 9.94. The first kappa shape index (κ1) is 12.5. The molecule has 4 heteroatoms. The second kappa shape index (κ2) is 4.53. The Morgan fingerprint density at radius 2 is 2.16 bits per heavy atom. The van der Waals surface area contributed by atoms with Crippen molar-refractivity contribution in [1.82, 2.24) is 14.5 Å². The summed E-state index contributed by atoms with van der Waals surface area (Å²) in [7, 11) is 2.19. The molecular formula is C15H22N4. The van der Waals surface area contributed by atoms with Gasteiger partial charge in [0.1, 0.15) is 0 Å². The maximum Gasteiger partial charge on any atom is 0.201 e. The highest BCUT2D eigenvalue weighted by atomic mass is 15.2. The van der Waals surface area contributed by atoms with Crippen molar-refractivity contribution in [2.75, 3.05) is 25.9 Å². The van der Waals surface area contributed by atoms with E-state index in [1.165, 1.54) is 11.1 Å². The Morgan fingerprint density at radius 3 is 2.89 bits per heavy atom. The second-order valence-electron chi connectivity index (χ2n) is 5.93. The van der Waals surface area contributed by atoms with Gasteiger partial charge in [0.25, 0.3) is 0 Å². The smallest absolute Gasteiger partial charge is 0.201 e. The highest BCUT2D eigenvalue weighted by Gasteiger charge is 2.28. The number of nitrogens with two attached hydrogens (primary N) is 1. The number of likely N-dealkylation sites (tertiary alicyclic amines) is 1. The SMILES string of the molecule is Cc1ccc2c(c1)nc(N)n2C1CCN(C)CC1C. The monoisotopic (exact) mass is 258 g/mol. The third-order valence-corrected chi connectivity index (χ3v) is 4.27. The molecule has 1 aliphatic heterocycles. The summed E-state index contributed by atoms with van der Waals surface area (Å²) in [5, 5.41) is 0. The molecule has 2 heterocycles. The molecule has 1 fully saturated rings. The first-order chi connectivity index (χ1) is 9.06. The van der Waals surface area contributed by atoms with E-state index in [0.717, 1.165) is 25.0 Å². The van der Waals surface area contributed by atoms with Crippen molar-refractivity contribution in [2.24, 2.45) is 5.92 Å². The molecular weight excluding hydrogens is 236 g/mol. The number of anilines is 1. The van der Waals surface area contributed by atoms with E-state index < -0.39 is 0 Å². The van der Waals surface area contributed by atoms with Crippen LogP contribution in [0.4, 0.5) is 5.95 Å². The number of imidazole rings is 1. The lowest BCUT2D eigenvalue weighted by molar-refractivity contribution is 0.162. The number of aryl methyl sites for hydroxylation is 1. The van der Waals surface area contributed by atoms with E-state index in [9.17, 15) is 0 Å². The van der Waals surface area contributed by atoms with Gasteiger partial charge in [0.2, 0.25) is 5.95 Å². The Hall–Kier alpha value is -1.55. The maximum atomic E-state index is 6.17. The molecule has 2 aromatic rings. The molecule has 1 saturated heterocycles. The minimum atomic E-state index is 0.462. The summed E-state index contributed by atoms with van der Waals surface area (Å²) >= 11 is 0. The maximum absolute atomic E-state index is 6.17. The average molecular weight is 258 g/mol. The fourth-order valence-electron chi connectivity index (χ4n) is 3.30. The summed E-state index contributed by atoms with van der Waals surface area (Å²) in [6, 6.07) is 6.87. The van der Waals surface area contributed by atoms with Crippen molar-refractivity contribution >= 4 is 17.0 Å². The zero-order chi connectivity index (χ0) is 13.6. The number of hydrogen-bond acceptors (Lipinski definition) is 3. The summed E-state index contributed by atoms with van der Waals surface area (Å²) in [4.78, 5) is 6.92. The number of aromatic nitrogens is 2. The predicted octanol–water partition coefficient (Wildman–Crippen LogP) is 2.44. The van der Waals surface area contributed by atoms with Crippen molar-refractivity contribution in [3.8, 4) is 0 Å². The van der Waals surface area contributed by atoms with Gasteiger partial charge in [0.05, 0.1) is 11.0 Å². The van der Waals surface area contributed by atoms with Crippen LogP contribution in [0.15, 0.2) is 18.2 Å². The number of piperidine rings is 1. The summed E-state index contributed by atoms with van der Waals surface area (Å²) < 4.78 is 2.24. The molecule has 1 aromatic carbocycles. The average Bonchev–Trinajstić information content (AvgIpc) is 2.65. The van der Waals surface area contributed by atoms with Crippen LogP contribution in [0.1, 0.15) is 24.9 Å². The van der Waals surface area contributed by atoms with Gasteiger partial charge >= 0.3 is 0 Å². The fraction of sp³-hybridized carbons (Fsp3) is 0.533. The highest BCUT2D eigenvalue weighted by molar-refractivity contribution is 5.79. The quantitative estimate of drug-likeness (QED) is 0.854. The lowest BCUT2D eigenvalue weighted by Gasteiger charge is -2.36. The third kappa shape index (κ3) is 2.10. The van der Waals surface area contributed by atoms with Gasteiger partial charge < -0.3 is 15.2 Å². The summed E-state index contributed by atoms with van der Waals surface area (Å²) in [6.45, 7) is 6.64. The largest absolute Gasteiger partial charge is 0.369 e. The van der Waals surface area contributed by atoms with Crippen LogP contribution in [0.25, 0.3) is 11.0 Å². The number of fused-ring (bicyclic) bond motifs is 1. The predicted molar refractivity (Wildman–Crippen MR) is 79.2 cm³/mol. The lowest BCUT2D eigenvalue weighted by Crippen LogP contribution is -2.38. The molecule has 0 saturated carbocycles. The summed E-state index contributed by atoms with van der Waals surface area (Å²) in [5.41, 5.74) is 9.59. The molecule has 2 unspecified atom stereocenters. The van der Waals surface area contributed by atoms with Crippen molar-refractivity contribution in [2.45, 2.75) is 26.3 Å². The molecule has 1 aliphatic rings. The minimum absolute atomic E-state index is 0.462. The van der Waals surface area contributed by atoms with Crippen LogP contribution >= 0.6 is 0 Å². The molecule has 0 amide bonds. The number of hydrogen-bond donors (Lipinski definition) is 1. The second-order valence-corrected chi connectivity index (χ2v) is 5.93. The van der Waals surface area contributed by atoms with Gasteiger partial charge in [-0.3, -0.25) is 0 Å². The number of rotatable bonds is 1. The fourth-order valence-corrected chi connectivity index (χ4v) is 3.30.